The molecule has 37 heavy (non-hydrogen) atoms. The number of anilines is 1. The third-order valence-electron chi connectivity index (χ3n) is 6.61. The van der Waals surface area contributed by atoms with Gasteiger partial charge >= 0.3 is 0 Å². The fourth-order valence-electron chi connectivity index (χ4n) is 4.69. The van der Waals surface area contributed by atoms with E-state index in [0.29, 0.717) is 53.3 Å². The highest BCUT2D eigenvalue weighted by atomic mass is 35.5. The second kappa shape index (κ2) is 9.88. The Morgan fingerprint density at radius 1 is 0.757 bits per heavy atom. The molecule has 1 amide bonds. The van der Waals surface area contributed by atoms with E-state index < -0.39 is 0 Å². The highest BCUT2D eigenvalue weighted by Crippen LogP contribution is 2.29. The van der Waals surface area contributed by atoms with Crippen molar-refractivity contribution in [2.45, 2.75) is 0 Å². The summed E-state index contributed by atoms with van der Waals surface area (Å²) in [5.74, 6) is -0.0887. The van der Waals surface area contributed by atoms with Gasteiger partial charge in [0, 0.05) is 59.1 Å². The number of hydrogen-bond donors (Lipinski definition) is 0. The molecule has 8 heteroatoms. The zero-order chi connectivity index (χ0) is 25.4. The predicted octanol–water partition coefficient (Wildman–Crippen LogP) is 6.33. The number of carbonyl (C=O) groups is 1. The van der Waals surface area contributed by atoms with Crippen LogP contribution in [0.4, 0.5) is 5.69 Å². The van der Waals surface area contributed by atoms with Gasteiger partial charge in [0.15, 0.2) is 5.65 Å². The van der Waals surface area contributed by atoms with E-state index in [0.717, 1.165) is 22.5 Å². The van der Waals surface area contributed by atoms with Crippen LogP contribution in [0.3, 0.4) is 0 Å². The number of benzene rings is 3. The molecule has 0 bridgehead atoms. The molecule has 3 aromatic carbocycles. The van der Waals surface area contributed by atoms with E-state index in [4.69, 9.17) is 33.3 Å². The van der Waals surface area contributed by atoms with Gasteiger partial charge < -0.3 is 9.80 Å². The van der Waals surface area contributed by atoms with E-state index in [2.05, 4.69) is 4.90 Å². The SMILES string of the molecule is O=C(c1cc(-c2ccccc2Cl)nc2cc(-c3ccccc3)nn12)N1CCN(c2cccc(Cl)c2)CC1. The predicted molar refractivity (Wildman–Crippen MR) is 148 cm³/mol. The summed E-state index contributed by atoms with van der Waals surface area (Å²) in [4.78, 5) is 22.8. The van der Waals surface area contributed by atoms with Gasteiger partial charge in [-0.1, -0.05) is 77.8 Å². The molecule has 3 heterocycles. The van der Waals surface area contributed by atoms with Crippen LogP contribution in [0.15, 0.2) is 91.0 Å². The third kappa shape index (κ3) is 4.66. The highest BCUT2D eigenvalue weighted by Gasteiger charge is 2.26. The first-order valence-corrected chi connectivity index (χ1v) is 12.8. The first-order valence-electron chi connectivity index (χ1n) is 12.1. The Hall–Kier alpha value is -3.87. The van der Waals surface area contributed by atoms with Crippen molar-refractivity contribution in [3.8, 4) is 22.5 Å². The average molecular weight is 528 g/mol. The lowest BCUT2D eigenvalue weighted by molar-refractivity contribution is 0.0738. The van der Waals surface area contributed by atoms with E-state index in [9.17, 15) is 4.79 Å². The summed E-state index contributed by atoms with van der Waals surface area (Å²) in [6, 6.07) is 28.9. The molecule has 1 aliphatic heterocycles. The average Bonchev–Trinajstić information content (AvgIpc) is 3.37. The number of nitrogens with zero attached hydrogens (tertiary/aromatic N) is 5. The van der Waals surface area contributed by atoms with Crippen LogP contribution < -0.4 is 4.90 Å². The molecule has 0 atom stereocenters. The van der Waals surface area contributed by atoms with Crippen molar-refractivity contribution in [3.63, 3.8) is 0 Å². The highest BCUT2D eigenvalue weighted by molar-refractivity contribution is 6.33. The van der Waals surface area contributed by atoms with Crippen molar-refractivity contribution in [1.29, 1.82) is 0 Å². The summed E-state index contributed by atoms with van der Waals surface area (Å²) < 4.78 is 1.65. The monoisotopic (exact) mass is 527 g/mol. The molecule has 6 nitrogen and oxygen atoms in total. The Morgan fingerprint density at radius 2 is 1.51 bits per heavy atom. The number of piperazine rings is 1. The minimum absolute atomic E-state index is 0.0887. The van der Waals surface area contributed by atoms with E-state index in [1.54, 1.807) is 10.6 Å². The molecule has 2 aromatic heterocycles. The number of fused-ring (bicyclic) bond motifs is 1. The van der Waals surface area contributed by atoms with E-state index >= 15 is 0 Å². The van der Waals surface area contributed by atoms with Crippen LogP contribution in [-0.4, -0.2) is 51.6 Å². The molecule has 0 spiro atoms. The molecule has 1 fully saturated rings. The van der Waals surface area contributed by atoms with Crippen molar-refractivity contribution in [2.75, 3.05) is 31.1 Å². The maximum absolute atomic E-state index is 13.9. The van der Waals surface area contributed by atoms with Crippen molar-refractivity contribution in [1.82, 2.24) is 19.5 Å². The lowest BCUT2D eigenvalue weighted by Gasteiger charge is -2.36. The van der Waals surface area contributed by atoms with E-state index in [1.807, 2.05) is 89.8 Å². The molecular formula is C29H23Cl2N5O. The molecule has 0 aliphatic carbocycles. The Morgan fingerprint density at radius 3 is 2.27 bits per heavy atom. The summed E-state index contributed by atoms with van der Waals surface area (Å²) in [6.45, 7) is 2.60. The van der Waals surface area contributed by atoms with Crippen LogP contribution in [0.1, 0.15) is 10.5 Å². The zero-order valence-corrected chi connectivity index (χ0v) is 21.4. The summed E-state index contributed by atoms with van der Waals surface area (Å²) in [5, 5.41) is 6.06. The molecule has 184 valence electrons. The van der Waals surface area contributed by atoms with E-state index in [1.165, 1.54) is 0 Å². The first kappa shape index (κ1) is 23.5. The summed E-state index contributed by atoms with van der Waals surface area (Å²) in [5.41, 5.74) is 5.24. The smallest absolute Gasteiger partial charge is 0.272 e. The van der Waals surface area contributed by atoms with Crippen molar-refractivity contribution < 1.29 is 4.79 Å². The number of rotatable bonds is 4. The molecule has 0 radical (unpaired) electrons. The Kier molecular flexibility index (Phi) is 6.28. The minimum atomic E-state index is -0.0887. The normalized spacial score (nSPS) is 13.8. The Bertz CT molecular complexity index is 1590. The first-order chi connectivity index (χ1) is 18.1. The largest absolute Gasteiger partial charge is 0.368 e. The van der Waals surface area contributed by atoms with Crippen LogP contribution in [0.25, 0.3) is 28.2 Å². The van der Waals surface area contributed by atoms with Gasteiger partial charge in [0.1, 0.15) is 5.69 Å². The molecule has 0 N–H and O–H groups in total. The molecule has 0 unspecified atom stereocenters. The number of aromatic nitrogens is 3. The molecule has 6 rings (SSSR count). The fraction of sp³-hybridized carbons (Fsp3) is 0.138. The lowest BCUT2D eigenvalue weighted by atomic mass is 10.1. The number of halogens is 2. The summed E-state index contributed by atoms with van der Waals surface area (Å²) >= 11 is 12.7. The second-order valence-corrected chi connectivity index (χ2v) is 9.77. The van der Waals surface area contributed by atoms with Crippen LogP contribution >= 0.6 is 23.2 Å². The maximum atomic E-state index is 13.9. The lowest BCUT2D eigenvalue weighted by Crippen LogP contribution is -2.49. The van der Waals surface area contributed by atoms with Gasteiger partial charge in [0.2, 0.25) is 0 Å². The van der Waals surface area contributed by atoms with Crippen LogP contribution in [0, 0.1) is 0 Å². The number of carbonyl (C=O) groups excluding carboxylic acids is 1. The maximum Gasteiger partial charge on any atom is 0.272 e. The summed E-state index contributed by atoms with van der Waals surface area (Å²) in [7, 11) is 0. The van der Waals surface area contributed by atoms with Gasteiger partial charge in [-0.05, 0) is 30.3 Å². The Balaban J connectivity index is 1.37. The Labute approximate surface area is 224 Å². The number of hydrogen-bond acceptors (Lipinski definition) is 4. The van der Waals surface area contributed by atoms with Gasteiger partial charge in [-0.3, -0.25) is 4.79 Å². The minimum Gasteiger partial charge on any atom is -0.368 e. The van der Waals surface area contributed by atoms with Gasteiger partial charge in [-0.2, -0.15) is 5.10 Å². The van der Waals surface area contributed by atoms with Gasteiger partial charge in [0.25, 0.3) is 5.91 Å². The zero-order valence-electron chi connectivity index (χ0n) is 19.9. The topological polar surface area (TPSA) is 53.7 Å². The molecule has 0 saturated carbocycles. The molecular weight excluding hydrogens is 505 g/mol. The molecule has 5 aromatic rings. The van der Waals surface area contributed by atoms with Crippen molar-refractivity contribution in [2.24, 2.45) is 0 Å². The second-order valence-electron chi connectivity index (χ2n) is 8.93. The quantitative estimate of drug-likeness (QED) is 0.274. The van der Waals surface area contributed by atoms with Gasteiger partial charge in [-0.25, -0.2) is 9.50 Å². The number of amides is 1. The molecule has 1 saturated heterocycles. The van der Waals surface area contributed by atoms with Crippen LogP contribution in [0.5, 0.6) is 0 Å². The van der Waals surface area contributed by atoms with E-state index in [-0.39, 0.29) is 5.91 Å². The fourth-order valence-corrected chi connectivity index (χ4v) is 5.10. The standard InChI is InChI=1S/C29H23Cl2N5O/c30-21-9-6-10-22(17-21)34-13-15-35(16-14-34)29(37)27-18-26(23-11-4-5-12-24(23)31)32-28-19-25(33-36(27)28)20-7-2-1-3-8-20/h1-12,17-19H,13-16H2. The molecule has 1 aliphatic rings. The van der Waals surface area contributed by atoms with Gasteiger partial charge in [0.05, 0.1) is 11.4 Å². The van der Waals surface area contributed by atoms with Gasteiger partial charge in [-0.15, -0.1) is 0 Å². The third-order valence-corrected chi connectivity index (χ3v) is 7.17. The van der Waals surface area contributed by atoms with Crippen molar-refractivity contribution in [3.05, 3.63) is 107 Å². The van der Waals surface area contributed by atoms with Crippen LogP contribution in [0.2, 0.25) is 10.0 Å². The summed E-state index contributed by atoms with van der Waals surface area (Å²) in [6.07, 6.45) is 0. The van der Waals surface area contributed by atoms with Crippen molar-refractivity contribution >= 4 is 40.4 Å². The van der Waals surface area contributed by atoms with Crippen LogP contribution in [-0.2, 0) is 0 Å².